The first kappa shape index (κ1) is 27.4. The van der Waals surface area contributed by atoms with Gasteiger partial charge >= 0.3 is 11.9 Å². The SMILES string of the molecule is CC[C@@H]1C[C@]2(CO2)[C@@H]([C@@]2(C)O[C@@H]2CCC(C)C)[C@H](OC)[C@@H]1OC(=O)C=CC=CC=CC=CC(=O)O. The zero-order valence-electron chi connectivity index (χ0n) is 21.5. The minimum absolute atomic E-state index is 0.00521. The van der Waals surface area contributed by atoms with Gasteiger partial charge in [-0.3, -0.25) is 0 Å². The van der Waals surface area contributed by atoms with Gasteiger partial charge in [-0.05, 0) is 38.5 Å². The standard InChI is InChI=1S/C28H40O7/c1-6-20-17-28(18-33-28)26(27(4)21(35-27)16-15-19(2)3)25(32-5)24(20)34-23(31)14-12-10-8-7-9-11-13-22(29)30/h7-14,19-21,24-26H,6,15-18H2,1-5H3,(H,29,30)/t20-,21-,24-,25-,26-,27+,28+/m1/s1. The van der Waals surface area contributed by atoms with Crippen molar-refractivity contribution in [3.05, 3.63) is 48.6 Å². The molecule has 7 heteroatoms. The molecule has 1 spiro atoms. The van der Waals surface area contributed by atoms with Gasteiger partial charge in [0.1, 0.15) is 23.4 Å². The number of hydrogen-bond donors (Lipinski definition) is 1. The van der Waals surface area contributed by atoms with Crippen LogP contribution in [0.25, 0.3) is 0 Å². The van der Waals surface area contributed by atoms with Crippen LogP contribution in [0.5, 0.6) is 0 Å². The molecule has 3 rings (SSSR count). The third-order valence-electron chi connectivity index (χ3n) is 7.48. The first-order chi connectivity index (χ1) is 16.7. The maximum atomic E-state index is 12.7. The number of aliphatic carboxylic acids is 1. The molecule has 3 fully saturated rings. The molecule has 0 aromatic heterocycles. The molecule has 1 saturated carbocycles. The van der Waals surface area contributed by atoms with Gasteiger partial charge in [-0.15, -0.1) is 0 Å². The topological polar surface area (TPSA) is 97.9 Å². The summed E-state index contributed by atoms with van der Waals surface area (Å²) in [4.78, 5) is 23.1. The van der Waals surface area contributed by atoms with Crippen LogP contribution < -0.4 is 0 Å². The molecule has 35 heavy (non-hydrogen) atoms. The van der Waals surface area contributed by atoms with E-state index >= 15 is 0 Å². The molecule has 7 atom stereocenters. The molecule has 0 amide bonds. The van der Waals surface area contributed by atoms with Gasteiger partial charge in [0.05, 0.1) is 18.6 Å². The number of methoxy groups -OCH3 is 1. The highest BCUT2D eigenvalue weighted by atomic mass is 16.6. The molecule has 2 heterocycles. The average molecular weight is 489 g/mol. The maximum absolute atomic E-state index is 12.7. The normalized spacial score (nSPS) is 36.8. The van der Waals surface area contributed by atoms with E-state index < -0.39 is 11.9 Å². The van der Waals surface area contributed by atoms with Crippen molar-refractivity contribution in [2.24, 2.45) is 17.8 Å². The summed E-state index contributed by atoms with van der Waals surface area (Å²) in [6.07, 6.45) is 15.4. The van der Waals surface area contributed by atoms with Gasteiger partial charge in [0.25, 0.3) is 0 Å². The van der Waals surface area contributed by atoms with Crippen molar-refractivity contribution in [3.8, 4) is 0 Å². The monoisotopic (exact) mass is 488 g/mol. The molecular formula is C28H40O7. The molecule has 1 aliphatic carbocycles. The van der Waals surface area contributed by atoms with E-state index in [2.05, 4.69) is 27.7 Å². The van der Waals surface area contributed by atoms with E-state index in [9.17, 15) is 9.59 Å². The van der Waals surface area contributed by atoms with Gasteiger partial charge < -0.3 is 24.1 Å². The molecule has 3 aliphatic rings. The first-order valence-corrected chi connectivity index (χ1v) is 12.6. The van der Waals surface area contributed by atoms with Gasteiger partial charge in [0.15, 0.2) is 0 Å². The first-order valence-electron chi connectivity index (χ1n) is 12.6. The molecule has 0 bridgehead atoms. The zero-order valence-corrected chi connectivity index (χ0v) is 21.5. The van der Waals surface area contributed by atoms with Crippen LogP contribution in [0.3, 0.4) is 0 Å². The fourth-order valence-electron chi connectivity index (χ4n) is 5.57. The van der Waals surface area contributed by atoms with Crippen LogP contribution in [0.15, 0.2) is 48.6 Å². The van der Waals surface area contributed by atoms with Crippen LogP contribution in [0.4, 0.5) is 0 Å². The lowest BCUT2D eigenvalue weighted by Crippen LogP contribution is -2.59. The number of carboxylic acid groups (broad SMARTS) is 1. The fraction of sp³-hybridized carbons (Fsp3) is 0.643. The Balaban J connectivity index is 1.66. The van der Waals surface area contributed by atoms with Crippen molar-refractivity contribution >= 4 is 11.9 Å². The van der Waals surface area contributed by atoms with E-state index in [1.165, 1.54) is 12.2 Å². The van der Waals surface area contributed by atoms with E-state index in [4.69, 9.17) is 24.1 Å². The second-order valence-corrected chi connectivity index (χ2v) is 10.4. The zero-order chi connectivity index (χ0) is 25.6. The number of carbonyl (C=O) groups excluding carboxylic acids is 1. The van der Waals surface area contributed by atoms with Gasteiger partial charge in [0, 0.05) is 25.2 Å². The molecule has 1 N–H and O–H groups in total. The van der Waals surface area contributed by atoms with E-state index in [0.29, 0.717) is 12.5 Å². The molecule has 2 aliphatic heterocycles. The summed E-state index contributed by atoms with van der Waals surface area (Å²) in [6.45, 7) is 9.41. The summed E-state index contributed by atoms with van der Waals surface area (Å²) in [6, 6.07) is 0. The Morgan fingerprint density at radius 1 is 1.09 bits per heavy atom. The largest absolute Gasteiger partial charge is 0.478 e. The van der Waals surface area contributed by atoms with Crippen LogP contribution >= 0.6 is 0 Å². The summed E-state index contributed by atoms with van der Waals surface area (Å²) in [5.74, 6) is -0.648. The lowest BCUT2D eigenvalue weighted by atomic mass is 9.64. The Kier molecular flexibility index (Phi) is 9.13. The number of carbonyl (C=O) groups is 2. The van der Waals surface area contributed by atoms with Crippen LogP contribution in [-0.4, -0.2) is 60.3 Å². The molecular weight excluding hydrogens is 448 g/mol. The highest BCUT2D eigenvalue weighted by Crippen LogP contribution is 2.61. The minimum atomic E-state index is -1.00. The summed E-state index contributed by atoms with van der Waals surface area (Å²) >= 11 is 0. The minimum Gasteiger partial charge on any atom is -0.478 e. The Labute approximate surface area is 208 Å². The number of rotatable bonds is 12. The molecule has 0 unspecified atom stereocenters. The summed E-state index contributed by atoms with van der Waals surface area (Å²) in [5, 5.41) is 8.55. The highest BCUT2D eigenvalue weighted by Gasteiger charge is 2.73. The number of hydrogen-bond acceptors (Lipinski definition) is 6. The van der Waals surface area contributed by atoms with Crippen molar-refractivity contribution < 1.29 is 33.6 Å². The Hall–Kier alpha value is -2.22. The third-order valence-corrected chi connectivity index (χ3v) is 7.48. The van der Waals surface area contributed by atoms with Crippen molar-refractivity contribution in [1.82, 2.24) is 0 Å². The second kappa shape index (κ2) is 11.7. The van der Waals surface area contributed by atoms with E-state index in [0.717, 1.165) is 31.8 Å². The fourth-order valence-corrected chi connectivity index (χ4v) is 5.57. The summed E-state index contributed by atoms with van der Waals surface area (Å²) < 4.78 is 24.4. The van der Waals surface area contributed by atoms with Crippen molar-refractivity contribution in [2.45, 2.75) is 82.9 Å². The lowest BCUT2D eigenvalue weighted by Gasteiger charge is -2.46. The Morgan fingerprint density at radius 2 is 1.71 bits per heavy atom. The average Bonchev–Trinajstić information content (AvgIpc) is 3.71. The van der Waals surface area contributed by atoms with Gasteiger partial charge in [-0.25, -0.2) is 9.59 Å². The maximum Gasteiger partial charge on any atom is 0.331 e. The second-order valence-electron chi connectivity index (χ2n) is 10.4. The van der Waals surface area contributed by atoms with Gasteiger partial charge in [0.2, 0.25) is 0 Å². The summed E-state index contributed by atoms with van der Waals surface area (Å²) in [7, 11) is 1.69. The Bertz CT molecular complexity index is 867. The van der Waals surface area contributed by atoms with Crippen molar-refractivity contribution in [2.75, 3.05) is 13.7 Å². The van der Waals surface area contributed by atoms with Gasteiger partial charge in [-0.1, -0.05) is 57.2 Å². The predicted octanol–water partition coefficient (Wildman–Crippen LogP) is 4.63. The quantitative estimate of drug-likeness (QED) is 0.185. The van der Waals surface area contributed by atoms with Crippen LogP contribution in [0.2, 0.25) is 0 Å². The van der Waals surface area contributed by atoms with E-state index in [-0.39, 0.29) is 41.3 Å². The molecule has 0 aromatic rings. The molecule has 194 valence electrons. The molecule has 0 aromatic carbocycles. The van der Waals surface area contributed by atoms with E-state index in [1.54, 1.807) is 37.5 Å². The number of ether oxygens (including phenoxy) is 4. The number of allylic oxidation sites excluding steroid dienone is 6. The highest BCUT2D eigenvalue weighted by molar-refractivity contribution is 5.82. The Morgan fingerprint density at radius 3 is 2.26 bits per heavy atom. The van der Waals surface area contributed by atoms with Gasteiger partial charge in [-0.2, -0.15) is 0 Å². The van der Waals surface area contributed by atoms with Crippen LogP contribution in [-0.2, 0) is 28.5 Å². The smallest absolute Gasteiger partial charge is 0.331 e. The third kappa shape index (κ3) is 6.72. The van der Waals surface area contributed by atoms with Crippen LogP contribution in [0, 0.1) is 17.8 Å². The van der Waals surface area contributed by atoms with Crippen molar-refractivity contribution in [1.29, 1.82) is 0 Å². The van der Waals surface area contributed by atoms with E-state index in [1.807, 2.05) is 0 Å². The molecule has 0 radical (unpaired) electrons. The molecule has 2 saturated heterocycles. The number of epoxide rings is 2. The molecule has 7 nitrogen and oxygen atoms in total. The lowest BCUT2D eigenvalue weighted by molar-refractivity contribution is -0.178. The van der Waals surface area contributed by atoms with Crippen molar-refractivity contribution in [3.63, 3.8) is 0 Å². The number of carboxylic acids is 1. The predicted molar refractivity (Wildman–Crippen MR) is 133 cm³/mol. The number of esters is 1. The van der Waals surface area contributed by atoms with Crippen LogP contribution in [0.1, 0.15) is 53.4 Å². The summed E-state index contributed by atoms with van der Waals surface area (Å²) in [5.41, 5.74) is -0.596.